The molecule has 0 spiro atoms. The standard InChI is InChI=1S/C13H9Cl2FN2O2/c14-8-4-6(16)5-9(15)12(8)18-11-7(13(19)20)2-1-3-10(11)17/h1-5,18H,17H2,(H,19,20). The van der Waals surface area contributed by atoms with Crippen molar-refractivity contribution in [2.45, 2.75) is 0 Å². The number of halogens is 3. The van der Waals surface area contributed by atoms with Crippen molar-refractivity contribution in [3.8, 4) is 0 Å². The first-order chi connectivity index (χ1) is 9.40. The largest absolute Gasteiger partial charge is 0.478 e. The van der Waals surface area contributed by atoms with Gasteiger partial charge < -0.3 is 16.2 Å². The maximum Gasteiger partial charge on any atom is 0.337 e. The summed E-state index contributed by atoms with van der Waals surface area (Å²) in [7, 11) is 0. The molecule has 2 aromatic carbocycles. The molecule has 0 aromatic heterocycles. The van der Waals surface area contributed by atoms with Crippen molar-refractivity contribution >= 4 is 46.2 Å². The van der Waals surface area contributed by atoms with Gasteiger partial charge in [-0.3, -0.25) is 0 Å². The molecule has 2 rings (SSSR count). The van der Waals surface area contributed by atoms with Crippen molar-refractivity contribution in [3.05, 3.63) is 51.8 Å². The number of nitrogens with one attached hydrogen (secondary N) is 1. The minimum Gasteiger partial charge on any atom is -0.478 e. The minimum absolute atomic E-state index is 0.0228. The number of nitrogen functional groups attached to an aromatic ring is 1. The molecule has 0 heterocycles. The fraction of sp³-hybridized carbons (Fsp3) is 0. The number of para-hydroxylation sites is 1. The first-order valence-electron chi connectivity index (χ1n) is 5.43. The van der Waals surface area contributed by atoms with Gasteiger partial charge in [-0.1, -0.05) is 29.3 Å². The summed E-state index contributed by atoms with van der Waals surface area (Å²) in [4.78, 5) is 11.2. The molecule has 104 valence electrons. The molecule has 0 bridgehead atoms. The summed E-state index contributed by atoms with van der Waals surface area (Å²) >= 11 is 11.8. The number of nitrogens with two attached hydrogens (primary N) is 1. The summed E-state index contributed by atoms with van der Waals surface area (Å²) in [5, 5.41) is 11.9. The van der Waals surface area contributed by atoms with Gasteiger partial charge in [0, 0.05) is 0 Å². The maximum atomic E-state index is 13.1. The van der Waals surface area contributed by atoms with E-state index in [2.05, 4.69) is 5.32 Å². The molecule has 0 aliphatic heterocycles. The molecule has 20 heavy (non-hydrogen) atoms. The molecule has 0 amide bonds. The van der Waals surface area contributed by atoms with E-state index in [0.29, 0.717) is 0 Å². The summed E-state index contributed by atoms with van der Waals surface area (Å²) in [6, 6.07) is 6.55. The average molecular weight is 315 g/mol. The van der Waals surface area contributed by atoms with Crippen LogP contribution in [0.15, 0.2) is 30.3 Å². The predicted octanol–water partition coefficient (Wildman–Crippen LogP) is 4.16. The predicted molar refractivity (Wildman–Crippen MR) is 77.5 cm³/mol. The van der Waals surface area contributed by atoms with Crippen LogP contribution in [0.25, 0.3) is 0 Å². The van der Waals surface area contributed by atoms with Gasteiger partial charge in [0.1, 0.15) is 5.82 Å². The third kappa shape index (κ3) is 2.79. The molecule has 0 radical (unpaired) electrons. The highest BCUT2D eigenvalue weighted by molar-refractivity contribution is 6.39. The molecule has 2 aromatic rings. The highest BCUT2D eigenvalue weighted by atomic mass is 35.5. The van der Waals surface area contributed by atoms with Gasteiger partial charge in [-0.15, -0.1) is 0 Å². The fourth-order valence-electron chi connectivity index (χ4n) is 1.67. The number of carbonyl (C=O) groups is 1. The van der Waals surface area contributed by atoms with Gasteiger partial charge >= 0.3 is 5.97 Å². The number of carboxylic acid groups (broad SMARTS) is 1. The van der Waals surface area contributed by atoms with E-state index in [1.54, 1.807) is 0 Å². The summed E-state index contributed by atoms with van der Waals surface area (Å²) in [6.07, 6.45) is 0. The molecule has 7 heteroatoms. The van der Waals surface area contributed by atoms with Gasteiger partial charge in [-0.05, 0) is 24.3 Å². The fourth-order valence-corrected chi connectivity index (χ4v) is 2.23. The van der Waals surface area contributed by atoms with Gasteiger partial charge in [-0.2, -0.15) is 0 Å². The second kappa shape index (κ2) is 5.56. The van der Waals surface area contributed by atoms with E-state index in [1.165, 1.54) is 18.2 Å². The lowest BCUT2D eigenvalue weighted by Gasteiger charge is -2.14. The van der Waals surface area contributed by atoms with Crippen LogP contribution in [0.1, 0.15) is 10.4 Å². The Morgan fingerprint density at radius 3 is 2.35 bits per heavy atom. The van der Waals surface area contributed by atoms with E-state index in [1.807, 2.05) is 0 Å². The first-order valence-corrected chi connectivity index (χ1v) is 6.19. The number of aromatic carboxylic acids is 1. The Balaban J connectivity index is 2.53. The summed E-state index contributed by atoms with van der Waals surface area (Å²) in [5.41, 5.74) is 6.26. The van der Waals surface area contributed by atoms with Crippen LogP contribution < -0.4 is 11.1 Å². The van der Waals surface area contributed by atoms with Crippen LogP contribution in [-0.2, 0) is 0 Å². The highest BCUT2D eigenvalue weighted by Crippen LogP contribution is 2.36. The van der Waals surface area contributed by atoms with E-state index in [-0.39, 0.29) is 32.7 Å². The Morgan fingerprint density at radius 2 is 1.80 bits per heavy atom. The van der Waals surface area contributed by atoms with Crippen molar-refractivity contribution in [1.29, 1.82) is 0 Å². The molecule has 0 saturated carbocycles. The third-order valence-electron chi connectivity index (χ3n) is 2.58. The number of rotatable bonds is 3. The summed E-state index contributed by atoms with van der Waals surface area (Å²) < 4.78 is 13.1. The van der Waals surface area contributed by atoms with Gasteiger partial charge in [0.25, 0.3) is 0 Å². The SMILES string of the molecule is Nc1cccc(C(=O)O)c1Nc1c(Cl)cc(F)cc1Cl. The normalized spacial score (nSPS) is 10.3. The van der Waals surface area contributed by atoms with E-state index in [9.17, 15) is 9.18 Å². The smallest absolute Gasteiger partial charge is 0.337 e. The van der Waals surface area contributed by atoms with Crippen molar-refractivity contribution in [2.24, 2.45) is 0 Å². The summed E-state index contributed by atoms with van der Waals surface area (Å²) in [5.74, 6) is -1.75. The second-order valence-electron chi connectivity index (χ2n) is 3.94. The third-order valence-corrected chi connectivity index (χ3v) is 3.18. The topological polar surface area (TPSA) is 75.4 Å². The molecule has 0 unspecified atom stereocenters. The lowest BCUT2D eigenvalue weighted by molar-refractivity contribution is 0.0698. The molecule has 0 saturated heterocycles. The molecule has 4 N–H and O–H groups in total. The van der Waals surface area contributed by atoms with Crippen LogP contribution in [0.3, 0.4) is 0 Å². The lowest BCUT2D eigenvalue weighted by Crippen LogP contribution is -2.06. The molecule has 0 fully saturated rings. The van der Waals surface area contributed by atoms with Gasteiger partial charge in [-0.25, -0.2) is 9.18 Å². The molecule has 4 nitrogen and oxygen atoms in total. The average Bonchev–Trinajstić information content (AvgIpc) is 2.34. The number of benzene rings is 2. The minimum atomic E-state index is -1.16. The Hall–Kier alpha value is -1.98. The van der Waals surface area contributed by atoms with E-state index < -0.39 is 11.8 Å². The van der Waals surface area contributed by atoms with Gasteiger partial charge in [0.15, 0.2) is 0 Å². The first kappa shape index (κ1) is 14.4. The number of hydrogen-bond acceptors (Lipinski definition) is 3. The summed E-state index contributed by atoms with van der Waals surface area (Å²) in [6.45, 7) is 0. The monoisotopic (exact) mass is 314 g/mol. The van der Waals surface area contributed by atoms with E-state index in [0.717, 1.165) is 12.1 Å². The van der Waals surface area contributed by atoms with Gasteiger partial charge in [0.2, 0.25) is 0 Å². The maximum absolute atomic E-state index is 13.1. The van der Waals surface area contributed by atoms with Crippen LogP contribution in [0.2, 0.25) is 10.0 Å². The Labute approximate surface area is 123 Å². The van der Waals surface area contributed by atoms with Crippen LogP contribution in [0.4, 0.5) is 21.5 Å². The second-order valence-corrected chi connectivity index (χ2v) is 4.76. The number of hydrogen-bond donors (Lipinski definition) is 3. The zero-order valence-electron chi connectivity index (χ0n) is 9.95. The Morgan fingerprint density at radius 1 is 1.20 bits per heavy atom. The molecular formula is C13H9Cl2FN2O2. The van der Waals surface area contributed by atoms with E-state index in [4.69, 9.17) is 34.0 Å². The molecule has 0 atom stereocenters. The van der Waals surface area contributed by atoms with Crippen molar-refractivity contribution < 1.29 is 14.3 Å². The van der Waals surface area contributed by atoms with Crippen molar-refractivity contribution in [3.63, 3.8) is 0 Å². The van der Waals surface area contributed by atoms with Crippen LogP contribution in [-0.4, -0.2) is 11.1 Å². The van der Waals surface area contributed by atoms with Crippen LogP contribution >= 0.6 is 23.2 Å². The molecular weight excluding hydrogens is 306 g/mol. The Kier molecular flexibility index (Phi) is 4.01. The van der Waals surface area contributed by atoms with Crippen LogP contribution in [0, 0.1) is 5.82 Å². The zero-order chi connectivity index (χ0) is 14.9. The lowest BCUT2D eigenvalue weighted by atomic mass is 10.1. The number of anilines is 3. The molecule has 0 aliphatic carbocycles. The zero-order valence-corrected chi connectivity index (χ0v) is 11.5. The number of carboxylic acids is 1. The van der Waals surface area contributed by atoms with Crippen molar-refractivity contribution in [2.75, 3.05) is 11.1 Å². The highest BCUT2D eigenvalue weighted by Gasteiger charge is 2.16. The molecule has 0 aliphatic rings. The Bertz CT molecular complexity index is 669. The van der Waals surface area contributed by atoms with Crippen molar-refractivity contribution in [1.82, 2.24) is 0 Å². The quantitative estimate of drug-likeness (QED) is 0.744. The van der Waals surface area contributed by atoms with E-state index >= 15 is 0 Å². The van der Waals surface area contributed by atoms with Crippen LogP contribution in [0.5, 0.6) is 0 Å². The van der Waals surface area contributed by atoms with Gasteiger partial charge in [0.05, 0.1) is 32.7 Å².